The van der Waals surface area contributed by atoms with E-state index in [0.29, 0.717) is 19.0 Å². The highest BCUT2D eigenvalue weighted by atomic mass is 19.4. The van der Waals surface area contributed by atoms with Gasteiger partial charge in [0.25, 0.3) is 0 Å². The van der Waals surface area contributed by atoms with Crippen LogP contribution in [0.4, 0.5) is 13.2 Å². The van der Waals surface area contributed by atoms with Gasteiger partial charge in [-0.1, -0.05) is 30.3 Å². The zero-order chi connectivity index (χ0) is 14.6. The van der Waals surface area contributed by atoms with E-state index >= 15 is 0 Å². The van der Waals surface area contributed by atoms with Crippen LogP contribution in [-0.2, 0) is 4.79 Å². The van der Waals surface area contributed by atoms with Crippen LogP contribution in [0.2, 0.25) is 0 Å². The van der Waals surface area contributed by atoms with Crippen molar-refractivity contribution in [2.45, 2.75) is 37.8 Å². The van der Waals surface area contributed by atoms with Gasteiger partial charge in [-0.15, -0.1) is 0 Å². The second-order valence-corrected chi connectivity index (χ2v) is 5.21. The Morgan fingerprint density at radius 3 is 2.50 bits per heavy atom. The Morgan fingerprint density at radius 1 is 1.15 bits per heavy atom. The van der Waals surface area contributed by atoms with Gasteiger partial charge in [0.2, 0.25) is 5.91 Å². The van der Waals surface area contributed by atoms with Crippen LogP contribution in [-0.4, -0.2) is 30.1 Å². The first-order valence-electron chi connectivity index (χ1n) is 6.85. The number of halogens is 3. The number of amides is 1. The summed E-state index contributed by atoms with van der Waals surface area (Å²) in [4.78, 5) is 13.0. The van der Waals surface area contributed by atoms with Crippen LogP contribution in [0.1, 0.15) is 37.2 Å². The number of benzene rings is 1. The highest BCUT2D eigenvalue weighted by molar-refractivity contribution is 5.76. The Labute approximate surface area is 116 Å². The van der Waals surface area contributed by atoms with E-state index in [1.54, 1.807) is 0 Å². The molecule has 1 amide bonds. The van der Waals surface area contributed by atoms with Crippen molar-refractivity contribution in [3.63, 3.8) is 0 Å². The van der Waals surface area contributed by atoms with Crippen molar-refractivity contribution in [1.29, 1.82) is 0 Å². The molecule has 0 saturated carbocycles. The van der Waals surface area contributed by atoms with Crippen molar-refractivity contribution in [2.24, 2.45) is 0 Å². The number of hydrogen-bond donors (Lipinski definition) is 0. The van der Waals surface area contributed by atoms with E-state index in [9.17, 15) is 18.0 Å². The fraction of sp³-hybridized carbons (Fsp3) is 0.533. The number of hydrogen-bond acceptors (Lipinski definition) is 1. The van der Waals surface area contributed by atoms with Crippen LogP contribution >= 0.6 is 0 Å². The van der Waals surface area contributed by atoms with E-state index in [-0.39, 0.29) is 0 Å². The van der Waals surface area contributed by atoms with Crippen LogP contribution < -0.4 is 0 Å². The van der Waals surface area contributed by atoms with Gasteiger partial charge < -0.3 is 4.90 Å². The zero-order valence-corrected chi connectivity index (χ0v) is 11.2. The van der Waals surface area contributed by atoms with Crippen molar-refractivity contribution in [3.05, 3.63) is 35.9 Å². The lowest BCUT2D eigenvalue weighted by molar-refractivity contribution is -0.161. The molecule has 1 aromatic rings. The first-order valence-corrected chi connectivity index (χ1v) is 6.85. The van der Waals surface area contributed by atoms with Crippen molar-refractivity contribution < 1.29 is 18.0 Å². The minimum absolute atomic E-state index is 0.333. The average molecular weight is 285 g/mol. The second-order valence-electron chi connectivity index (χ2n) is 5.21. The van der Waals surface area contributed by atoms with Crippen LogP contribution in [0.15, 0.2) is 30.3 Å². The first-order chi connectivity index (χ1) is 9.46. The van der Waals surface area contributed by atoms with Gasteiger partial charge in [0.05, 0.1) is 0 Å². The normalized spacial score (nSPS) is 20.6. The molecule has 0 spiro atoms. The minimum atomic E-state index is -4.41. The second kappa shape index (κ2) is 6.29. The van der Waals surface area contributed by atoms with Crippen molar-refractivity contribution in [2.75, 3.05) is 13.1 Å². The molecule has 0 bridgehead atoms. The zero-order valence-electron chi connectivity index (χ0n) is 11.2. The molecule has 110 valence electrons. The Kier molecular flexibility index (Phi) is 4.68. The molecule has 1 unspecified atom stereocenters. The standard InChI is InChI=1S/C15H18F3NO/c16-15(17,18)11-14(20)19-9-4-7-13(8-10-19)12-5-2-1-3-6-12/h1-3,5-6,13H,4,7-11H2. The lowest BCUT2D eigenvalue weighted by atomic mass is 9.92. The van der Waals surface area contributed by atoms with Crippen molar-refractivity contribution >= 4 is 5.91 Å². The highest BCUT2D eigenvalue weighted by Crippen LogP contribution is 2.29. The number of carbonyl (C=O) groups excluding carboxylic acids is 1. The number of rotatable bonds is 2. The molecule has 1 aliphatic rings. The van der Waals surface area contributed by atoms with Gasteiger partial charge in [-0.3, -0.25) is 4.79 Å². The SMILES string of the molecule is O=C(CC(F)(F)F)N1CCCC(c2ccccc2)CC1. The van der Waals surface area contributed by atoms with Crippen molar-refractivity contribution in [3.8, 4) is 0 Å². The molecule has 0 N–H and O–H groups in total. The smallest absolute Gasteiger partial charge is 0.342 e. The molecule has 0 aromatic heterocycles. The van der Waals surface area contributed by atoms with E-state index in [2.05, 4.69) is 0 Å². The number of likely N-dealkylation sites (tertiary alicyclic amines) is 1. The largest absolute Gasteiger partial charge is 0.397 e. The lowest BCUT2D eigenvalue weighted by Gasteiger charge is -2.21. The van der Waals surface area contributed by atoms with Gasteiger partial charge in [-0.05, 0) is 30.7 Å². The fourth-order valence-corrected chi connectivity index (χ4v) is 2.69. The summed E-state index contributed by atoms with van der Waals surface area (Å²) < 4.78 is 36.8. The maximum Gasteiger partial charge on any atom is 0.397 e. The molecule has 5 heteroatoms. The predicted molar refractivity (Wildman–Crippen MR) is 70.3 cm³/mol. The molecule has 0 radical (unpaired) electrons. The van der Waals surface area contributed by atoms with Crippen LogP contribution in [0.25, 0.3) is 0 Å². The number of alkyl halides is 3. The van der Waals surface area contributed by atoms with E-state index < -0.39 is 18.5 Å². The molecule has 20 heavy (non-hydrogen) atoms. The molecule has 2 rings (SSSR count). The van der Waals surface area contributed by atoms with E-state index in [4.69, 9.17) is 0 Å². The van der Waals surface area contributed by atoms with Gasteiger partial charge in [0.15, 0.2) is 0 Å². The summed E-state index contributed by atoms with van der Waals surface area (Å²) in [6.07, 6.45) is -3.36. The third-order valence-electron chi connectivity index (χ3n) is 3.70. The summed E-state index contributed by atoms with van der Waals surface area (Å²) in [5.41, 5.74) is 1.21. The van der Waals surface area contributed by atoms with E-state index in [1.807, 2.05) is 30.3 Å². The third kappa shape index (κ3) is 4.25. The highest BCUT2D eigenvalue weighted by Gasteiger charge is 2.34. The maximum absolute atomic E-state index is 12.3. The van der Waals surface area contributed by atoms with E-state index in [1.165, 1.54) is 10.5 Å². The van der Waals surface area contributed by atoms with Crippen LogP contribution in [0.5, 0.6) is 0 Å². The topological polar surface area (TPSA) is 20.3 Å². The number of nitrogens with zero attached hydrogens (tertiary/aromatic N) is 1. The Hall–Kier alpha value is -1.52. The minimum Gasteiger partial charge on any atom is -0.342 e. The quantitative estimate of drug-likeness (QED) is 0.810. The molecular formula is C15H18F3NO. The molecule has 2 nitrogen and oxygen atoms in total. The van der Waals surface area contributed by atoms with Gasteiger partial charge >= 0.3 is 6.18 Å². The average Bonchev–Trinajstić information content (AvgIpc) is 2.63. The lowest BCUT2D eigenvalue weighted by Crippen LogP contribution is -2.35. The summed E-state index contributed by atoms with van der Waals surface area (Å²) in [5.74, 6) is -0.467. The fourth-order valence-electron chi connectivity index (χ4n) is 2.69. The Balaban J connectivity index is 1.94. The third-order valence-corrected chi connectivity index (χ3v) is 3.70. The number of carbonyl (C=O) groups is 1. The molecule has 0 aliphatic carbocycles. The van der Waals surface area contributed by atoms with E-state index in [0.717, 1.165) is 19.3 Å². The summed E-state index contributed by atoms with van der Waals surface area (Å²) in [6.45, 7) is 0.840. The molecule has 1 aromatic carbocycles. The molecule has 1 fully saturated rings. The molecule has 1 saturated heterocycles. The molecule has 1 atom stereocenters. The molecular weight excluding hydrogens is 267 g/mol. The monoisotopic (exact) mass is 285 g/mol. The Morgan fingerprint density at radius 2 is 1.85 bits per heavy atom. The van der Waals surface area contributed by atoms with Gasteiger partial charge in [0, 0.05) is 13.1 Å². The maximum atomic E-state index is 12.3. The molecule has 1 heterocycles. The first kappa shape index (κ1) is 14.9. The summed E-state index contributed by atoms with van der Waals surface area (Å²) in [5, 5.41) is 0. The summed E-state index contributed by atoms with van der Waals surface area (Å²) in [6, 6.07) is 9.95. The molecule has 1 aliphatic heterocycles. The van der Waals surface area contributed by atoms with Gasteiger partial charge in [-0.25, -0.2) is 0 Å². The predicted octanol–water partition coefficient (Wildman–Crippen LogP) is 3.74. The van der Waals surface area contributed by atoms with Crippen LogP contribution in [0, 0.1) is 0 Å². The summed E-state index contributed by atoms with van der Waals surface area (Å²) in [7, 11) is 0. The van der Waals surface area contributed by atoms with Crippen LogP contribution in [0.3, 0.4) is 0 Å². The summed E-state index contributed by atoms with van der Waals surface area (Å²) >= 11 is 0. The van der Waals surface area contributed by atoms with Gasteiger partial charge in [-0.2, -0.15) is 13.2 Å². The van der Waals surface area contributed by atoms with Crippen molar-refractivity contribution in [1.82, 2.24) is 4.90 Å². The Bertz CT molecular complexity index is 444. The van der Waals surface area contributed by atoms with Gasteiger partial charge in [0.1, 0.15) is 6.42 Å².